The lowest BCUT2D eigenvalue weighted by atomic mass is 9.95. The van der Waals surface area contributed by atoms with Crippen molar-refractivity contribution in [2.75, 3.05) is 32.8 Å². The average Bonchev–Trinajstić information content (AvgIpc) is 3.05. The summed E-state index contributed by atoms with van der Waals surface area (Å²) in [5.41, 5.74) is 1.16. The molecule has 0 spiro atoms. The Morgan fingerprint density at radius 2 is 1.65 bits per heavy atom. The van der Waals surface area contributed by atoms with Crippen LogP contribution in [0.15, 0.2) is 60.2 Å². The zero-order chi connectivity index (χ0) is 22.4. The molecule has 6 nitrogen and oxygen atoms in total. The number of nitrogens with one attached hydrogen (secondary N) is 1. The number of hydrogen-bond acceptors (Lipinski definition) is 4. The molecule has 1 aliphatic heterocycles. The number of hydrogen-bond donors (Lipinski definition) is 1. The Labute approximate surface area is 183 Å². The Morgan fingerprint density at radius 3 is 2.23 bits per heavy atom. The minimum Gasteiger partial charge on any atom is -0.872 e. The molecule has 0 aromatic heterocycles. The van der Waals surface area contributed by atoms with E-state index in [-0.39, 0.29) is 5.57 Å². The van der Waals surface area contributed by atoms with Crippen LogP contribution in [0.25, 0.3) is 5.76 Å². The number of carbonyl (C=O) groups is 2. The number of quaternary nitrogens is 1. The van der Waals surface area contributed by atoms with Crippen LogP contribution in [0, 0.1) is 0 Å². The molecule has 2 aromatic carbocycles. The van der Waals surface area contributed by atoms with Gasteiger partial charge in [-0.2, -0.15) is 0 Å². The van der Waals surface area contributed by atoms with Crippen LogP contribution in [-0.2, 0) is 9.59 Å². The molecule has 1 N–H and O–H groups in total. The number of carbonyl (C=O) groups excluding carboxylic acids is 2. The standard InChI is InChI=1S/C25H30N2O4/c1-4-26(5-2)16-17-27-22(18-10-8-7-9-11-18)21(24(29)25(27)30)23(28)19-12-14-20(15-13-19)31-6-3/h7-15,22,28H,4-6,16-17H2,1-3H3/b23-21+. The summed E-state index contributed by atoms with van der Waals surface area (Å²) in [5, 5.41) is 13.4. The zero-order valence-electron chi connectivity index (χ0n) is 18.4. The highest BCUT2D eigenvalue weighted by molar-refractivity contribution is 6.46. The van der Waals surface area contributed by atoms with Crippen LogP contribution in [0.1, 0.15) is 37.9 Å². The van der Waals surface area contributed by atoms with E-state index in [2.05, 4.69) is 13.8 Å². The number of likely N-dealkylation sites (tertiary alicyclic amines) is 1. The second kappa shape index (κ2) is 10.3. The topological polar surface area (TPSA) is 74.1 Å². The fourth-order valence-electron chi connectivity index (χ4n) is 3.99. The van der Waals surface area contributed by atoms with E-state index in [0.29, 0.717) is 24.5 Å². The molecule has 164 valence electrons. The number of ketones is 1. The number of nitrogens with zero attached hydrogens (tertiary/aromatic N) is 1. The molecule has 1 atom stereocenters. The van der Waals surface area contributed by atoms with Gasteiger partial charge in [-0.25, -0.2) is 0 Å². The highest BCUT2D eigenvalue weighted by Crippen LogP contribution is 2.38. The second-order valence-corrected chi connectivity index (χ2v) is 7.55. The summed E-state index contributed by atoms with van der Waals surface area (Å²) in [5.74, 6) is -1.06. The number of Topliss-reactive ketones (excluding diaryl/α,β-unsaturated/α-hetero) is 1. The molecule has 1 unspecified atom stereocenters. The zero-order valence-corrected chi connectivity index (χ0v) is 18.4. The highest BCUT2D eigenvalue weighted by atomic mass is 16.5. The molecule has 31 heavy (non-hydrogen) atoms. The Bertz CT molecular complexity index is 934. The lowest BCUT2D eigenvalue weighted by Crippen LogP contribution is -3.12. The maximum atomic E-state index is 13.4. The molecule has 0 aliphatic carbocycles. The molecule has 1 heterocycles. The van der Waals surface area contributed by atoms with Crippen LogP contribution in [0.2, 0.25) is 0 Å². The molecule has 1 fully saturated rings. The van der Waals surface area contributed by atoms with Crippen molar-refractivity contribution < 1.29 is 24.3 Å². The van der Waals surface area contributed by atoms with Crippen molar-refractivity contribution in [1.82, 2.24) is 4.90 Å². The largest absolute Gasteiger partial charge is 0.872 e. The van der Waals surface area contributed by atoms with E-state index in [1.54, 1.807) is 29.2 Å². The van der Waals surface area contributed by atoms with Crippen LogP contribution in [0.4, 0.5) is 0 Å². The van der Waals surface area contributed by atoms with Crippen molar-refractivity contribution in [3.63, 3.8) is 0 Å². The quantitative estimate of drug-likeness (QED) is 0.375. The molecule has 2 aromatic rings. The van der Waals surface area contributed by atoms with Crippen LogP contribution < -0.4 is 14.7 Å². The molecule has 3 rings (SSSR count). The van der Waals surface area contributed by atoms with Crippen LogP contribution in [0.5, 0.6) is 5.75 Å². The molecule has 6 heteroatoms. The predicted molar refractivity (Wildman–Crippen MR) is 117 cm³/mol. The van der Waals surface area contributed by atoms with E-state index in [0.717, 1.165) is 25.2 Å². The van der Waals surface area contributed by atoms with E-state index in [1.807, 2.05) is 37.3 Å². The third-order valence-corrected chi connectivity index (χ3v) is 5.78. The summed E-state index contributed by atoms with van der Waals surface area (Å²) < 4.78 is 5.44. The van der Waals surface area contributed by atoms with Crippen molar-refractivity contribution in [2.45, 2.75) is 26.8 Å². The third-order valence-electron chi connectivity index (χ3n) is 5.78. The van der Waals surface area contributed by atoms with Crippen LogP contribution >= 0.6 is 0 Å². The molecule has 1 amide bonds. The van der Waals surface area contributed by atoms with Crippen LogP contribution in [0.3, 0.4) is 0 Å². The van der Waals surface area contributed by atoms with Gasteiger partial charge in [0.05, 0.1) is 38.8 Å². The van der Waals surface area contributed by atoms with Crippen molar-refractivity contribution in [3.8, 4) is 5.75 Å². The first-order valence-corrected chi connectivity index (χ1v) is 10.9. The van der Waals surface area contributed by atoms with Crippen molar-refractivity contribution in [1.29, 1.82) is 0 Å². The summed E-state index contributed by atoms with van der Waals surface area (Å²) in [6.07, 6.45) is 0. The summed E-state index contributed by atoms with van der Waals surface area (Å²) >= 11 is 0. The Hall–Kier alpha value is -3.12. The average molecular weight is 423 g/mol. The van der Waals surface area contributed by atoms with Crippen molar-refractivity contribution in [2.24, 2.45) is 0 Å². The monoisotopic (exact) mass is 422 g/mol. The van der Waals surface area contributed by atoms with Gasteiger partial charge in [0.2, 0.25) is 5.78 Å². The van der Waals surface area contributed by atoms with Gasteiger partial charge in [0.15, 0.2) is 0 Å². The molecule has 0 radical (unpaired) electrons. The minimum atomic E-state index is -0.706. The minimum absolute atomic E-state index is 0.0231. The maximum absolute atomic E-state index is 13.4. The van der Waals surface area contributed by atoms with Gasteiger partial charge in [-0.1, -0.05) is 48.2 Å². The molecular weight excluding hydrogens is 392 g/mol. The fraction of sp³-hybridized carbons (Fsp3) is 0.360. The maximum Gasteiger partial charge on any atom is 0.295 e. The number of rotatable bonds is 9. The second-order valence-electron chi connectivity index (χ2n) is 7.55. The van der Waals surface area contributed by atoms with Gasteiger partial charge in [0.1, 0.15) is 5.75 Å². The molecular formula is C25H30N2O4. The van der Waals surface area contributed by atoms with Gasteiger partial charge >= 0.3 is 0 Å². The Balaban J connectivity index is 2.03. The molecule has 1 saturated heterocycles. The van der Waals surface area contributed by atoms with Gasteiger partial charge in [-0.3, -0.25) is 9.59 Å². The normalized spacial score (nSPS) is 18.1. The van der Waals surface area contributed by atoms with Gasteiger partial charge in [-0.05, 0) is 44.0 Å². The summed E-state index contributed by atoms with van der Waals surface area (Å²) in [6, 6.07) is 15.3. The number of amides is 1. The number of ether oxygens (including phenoxy) is 1. The first-order chi connectivity index (χ1) is 15.0. The number of likely N-dealkylation sites (N-methyl/N-ethyl adjacent to an activating group) is 1. The van der Waals surface area contributed by atoms with E-state index in [1.165, 1.54) is 4.90 Å². The summed E-state index contributed by atoms with van der Waals surface area (Å²) in [7, 11) is 0. The van der Waals surface area contributed by atoms with Gasteiger partial charge in [-0.15, -0.1) is 0 Å². The summed E-state index contributed by atoms with van der Waals surface area (Å²) in [4.78, 5) is 28.8. The number of benzene rings is 2. The van der Waals surface area contributed by atoms with Crippen molar-refractivity contribution in [3.05, 3.63) is 71.3 Å². The Morgan fingerprint density at radius 1 is 1.00 bits per heavy atom. The lowest BCUT2D eigenvalue weighted by Gasteiger charge is -2.28. The molecule has 1 aliphatic rings. The van der Waals surface area contributed by atoms with E-state index >= 15 is 0 Å². The van der Waals surface area contributed by atoms with Gasteiger partial charge < -0.3 is 19.6 Å². The summed E-state index contributed by atoms with van der Waals surface area (Å²) in [6.45, 7) is 9.61. The van der Waals surface area contributed by atoms with Gasteiger partial charge in [0.25, 0.3) is 5.91 Å². The van der Waals surface area contributed by atoms with Crippen molar-refractivity contribution >= 4 is 17.4 Å². The predicted octanol–water partition coefficient (Wildman–Crippen LogP) is 1.23. The highest BCUT2D eigenvalue weighted by Gasteiger charge is 2.44. The van der Waals surface area contributed by atoms with E-state index < -0.39 is 23.5 Å². The Kier molecular flexibility index (Phi) is 7.47. The lowest BCUT2D eigenvalue weighted by molar-refractivity contribution is -0.895. The third kappa shape index (κ3) is 4.80. The molecule has 0 bridgehead atoms. The smallest absolute Gasteiger partial charge is 0.295 e. The van der Waals surface area contributed by atoms with E-state index in [9.17, 15) is 14.7 Å². The first-order valence-electron chi connectivity index (χ1n) is 10.9. The first kappa shape index (κ1) is 22.6. The van der Waals surface area contributed by atoms with Crippen LogP contribution in [-0.4, -0.2) is 49.4 Å². The SMILES string of the molecule is CCOc1ccc(/C([O-])=C2\C(=O)C(=O)N(CC[NH+](CC)CC)C2c2ccccc2)cc1. The molecule has 0 saturated carbocycles. The fourth-order valence-corrected chi connectivity index (χ4v) is 3.99. The van der Waals surface area contributed by atoms with E-state index in [4.69, 9.17) is 4.74 Å². The van der Waals surface area contributed by atoms with Gasteiger partial charge in [0, 0.05) is 5.57 Å².